The zero-order valence-electron chi connectivity index (χ0n) is 16.6. The molecule has 29 heavy (non-hydrogen) atoms. The third kappa shape index (κ3) is 5.76. The van der Waals surface area contributed by atoms with Crippen LogP contribution in [0.25, 0.3) is 10.4 Å². The molecule has 0 saturated heterocycles. The first-order valence-corrected chi connectivity index (χ1v) is 10.3. The fraction of sp³-hybridized carbons (Fsp3) is 0.217. The molecule has 1 amide bonds. The Balaban J connectivity index is 1.73. The molecule has 0 aliphatic heterocycles. The van der Waals surface area contributed by atoms with Gasteiger partial charge in [0.05, 0.1) is 18.7 Å². The van der Waals surface area contributed by atoms with Crippen LogP contribution in [-0.2, 0) is 16.1 Å². The van der Waals surface area contributed by atoms with Crippen LogP contribution >= 0.6 is 11.3 Å². The zero-order chi connectivity index (χ0) is 20.6. The Morgan fingerprint density at radius 1 is 1.03 bits per heavy atom. The van der Waals surface area contributed by atoms with Crippen LogP contribution in [-0.4, -0.2) is 37.0 Å². The molecule has 2 aromatic carbocycles. The summed E-state index contributed by atoms with van der Waals surface area (Å²) < 4.78 is 5.17. The molecule has 0 fully saturated rings. The number of thiophene rings is 1. The summed E-state index contributed by atoms with van der Waals surface area (Å²) >= 11 is 1.37. The molecule has 1 aromatic heterocycles. The first kappa shape index (κ1) is 20.8. The fourth-order valence-corrected chi connectivity index (χ4v) is 4.02. The second-order valence-corrected chi connectivity index (χ2v) is 7.70. The molecule has 0 aliphatic rings. The average molecular weight is 409 g/mol. The molecule has 150 valence electrons. The van der Waals surface area contributed by atoms with Crippen LogP contribution in [0.1, 0.15) is 22.8 Å². The standard InChI is InChI=1S/C23H24N2O3S/c1-3-28-23(27)19-14-20(18-12-8-5-9-13-18)29-22(19)24-21(26)16-25(2)15-17-10-6-4-7-11-17/h4-14H,3,15-16H2,1-2H3,(H,24,26). The number of rotatable bonds is 8. The topological polar surface area (TPSA) is 58.6 Å². The molecule has 0 atom stereocenters. The van der Waals surface area contributed by atoms with Gasteiger partial charge < -0.3 is 10.1 Å². The van der Waals surface area contributed by atoms with E-state index >= 15 is 0 Å². The summed E-state index contributed by atoms with van der Waals surface area (Å²) in [6, 6.07) is 21.5. The van der Waals surface area contributed by atoms with Crippen LogP contribution in [0.4, 0.5) is 5.00 Å². The van der Waals surface area contributed by atoms with Crippen molar-refractivity contribution < 1.29 is 14.3 Å². The Hall–Kier alpha value is -2.96. The van der Waals surface area contributed by atoms with Crippen LogP contribution in [0.5, 0.6) is 0 Å². The first-order chi connectivity index (χ1) is 14.1. The second-order valence-electron chi connectivity index (χ2n) is 6.65. The molecule has 0 unspecified atom stereocenters. The molecule has 0 spiro atoms. The van der Waals surface area contributed by atoms with Crippen molar-refractivity contribution in [2.45, 2.75) is 13.5 Å². The van der Waals surface area contributed by atoms with Gasteiger partial charge in [-0.2, -0.15) is 0 Å². The maximum Gasteiger partial charge on any atom is 0.341 e. The van der Waals surface area contributed by atoms with Crippen molar-refractivity contribution in [1.29, 1.82) is 0 Å². The molecule has 0 radical (unpaired) electrons. The van der Waals surface area contributed by atoms with Crippen molar-refractivity contribution in [3.63, 3.8) is 0 Å². The van der Waals surface area contributed by atoms with Gasteiger partial charge in [-0.1, -0.05) is 60.7 Å². The lowest BCUT2D eigenvalue weighted by atomic mass is 10.1. The molecule has 0 bridgehead atoms. The summed E-state index contributed by atoms with van der Waals surface area (Å²) in [6.45, 7) is 2.93. The number of benzene rings is 2. The highest BCUT2D eigenvalue weighted by Crippen LogP contribution is 2.35. The highest BCUT2D eigenvalue weighted by Gasteiger charge is 2.20. The predicted octanol–water partition coefficient (Wildman–Crippen LogP) is 4.66. The maximum absolute atomic E-state index is 12.6. The lowest BCUT2D eigenvalue weighted by Crippen LogP contribution is -2.30. The van der Waals surface area contributed by atoms with Gasteiger partial charge in [0.15, 0.2) is 0 Å². The highest BCUT2D eigenvalue weighted by molar-refractivity contribution is 7.20. The predicted molar refractivity (Wildman–Crippen MR) is 117 cm³/mol. The molecule has 3 aromatic rings. The van der Waals surface area contributed by atoms with Gasteiger partial charge in [-0.15, -0.1) is 11.3 Å². The quantitative estimate of drug-likeness (QED) is 0.551. The van der Waals surface area contributed by atoms with Crippen molar-refractivity contribution in [3.8, 4) is 10.4 Å². The molecule has 1 N–H and O–H groups in total. The zero-order valence-corrected chi connectivity index (χ0v) is 17.4. The van der Waals surface area contributed by atoms with Crippen molar-refractivity contribution in [3.05, 3.63) is 77.9 Å². The Bertz CT molecular complexity index is 955. The van der Waals surface area contributed by atoms with E-state index in [1.54, 1.807) is 13.0 Å². The lowest BCUT2D eigenvalue weighted by Gasteiger charge is -2.16. The number of likely N-dealkylation sites (N-methyl/N-ethyl adjacent to an activating group) is 1. The van der Waals surface area contributed by atoms with E-state index in [4.69, 9.17) is 4.74 Å². The van der Waals surface area contributed by atoms with Gasteiger partial charge in [0.2, 0.25) is 5.91 Å². The summed E-state index contributed by atoms with van der Waals surface area (Å²) in [5.41, 5.74) is 2.51. The molecule has 0 aliphatic carbocycles. The van der Waals surface area contributed by atoms with Crippen molar-refractivity contribution in [2.24, 2.45) is 0 Å². The van der Waals surface area contributed by atoms with Gasteiger partial charge in [0.25, 0.3) is 0 Å². The van der Waals surface area contributed by atoms with Crippen molar-refractivity contribution >= 4 is 28.2 Å². The summed E-state index contributed by atoms with van der Waals surface area (Å²) in [4.78, 5) is 27.8. The lowest BCUT2D eigenvalue weighted by molar-refractivity contribution is -0.117. The SMILES string of the molecule is CCOC(=O)c1cc(-c2ccccc2)sc1NC(=O)CN(C)Cc1ccccc1. The Kier molecular flexibility index (Phi) is 7.16. The number of esters is 1. The highest BCUT2D eigenvalue weighted by atomic mass is 32.1. The number of hydrogen-bond acceptors (Lipinski definition) is 5. The van der Waals surface area contributed by atoms with Gasteiger partial charge >= 0.3 is 5.97 Å². The van der Waals surface area contributed by atoms with E-state index in [-0.39, 0.29) is 19.1 Å². The summed E-state index contributed by atoms with van der Waals surface area (Å²) in [5, 5.41) is 3.41. The molecule has 3 rings (SSSR count). The molecular weight excluding hydrogens is 384 g/mol. The number of ether oxygens (including phenoxy) is 1. The monoisotopic (exact) mass is 408 g/mol. The Morgan fingerprint density at radius 3 is 2.34 bits per heavy atom. The van der Waals surface area contributed by atoms with E-state index in [2.05, 4.69) is 5.32 Å². The van der Waals surface area contributed by atoms with Gasteiger partial charge in [-0.05, 0) is 31.2 Å². The third-order valence-electron chi connectivity index (χ3n) is 4.25. The number of carbonyl (C=O) groups is 2. The van der Waals surface area contributed by atoms with Gasteiger partial charge in [0, 0.05) is 11.4 Å². The number of nitrogens with one attached hydrogen (secondary N) is 1. The van der Waals surface area contributed by atoms with Gasteiger partial charge in [0.1, 0.15) is 5.00 Å². The van der Waals surface area contributed by atoms with Crippen LogP contribution in [0, 0.1) is 0 Å². The third-order valence-corrected chi connectivity index (χ3v) is 5.35. The number of amides is 1. The number of hydrogen-bond donors (Lipinski definition) is 1. The van der Waals surface area contributed by atoms with Crippen molar-refractivity contribution in [2.75, 3.05) is 25.5 Å². The van der Waals surface area contributed by atoms with E-state index in [0.717, 1.165) is 16.0 Å². The van der Waals surface area contributed by atoms with Crippen molar-refractivity contribution in [1.82, 2.24) is 4.90 Å². The minimum Gasteiger partial charge on any atom is -0.462 e. The van der Waals surface area contributed by atoms with E-state index in [0.29, 0.717) is 17.1 Å². The summed E-state index contributed by atoms with van der Waals surface area (Å²) in [5.74, 6) is -0.602. The second kappa shape index (κ2) is 10.0. The molecular formula is C23H24N2O3S. The minimum atomic E-state index is -0.432. The largest absolute Gasteiger partial charge is 0.462 e. The fourth-order valence-electron chi connectivity index (χ4n) is 2.95. The molecule has 5 nitrogen and oxygen atoms in total. The van der Waals surface area contributed by atoms with E-state index < -0.39 is 5.97 Å². The summed E-state index contributed by atoms with van der Waals surface area (Å²) in [7, 11) is 1.89. The Morgan fingerprint density at radius 2 is 1.69 bits per heavy atom. The number of carbonyl (C=O) groups excluding carboxylic acids is 2. The molecule has 1 heterocycles. The Labute approximate surface area is 174 Å². The molecule has 6 heteroatoms. The normalized spacial score (nSPS) is 10.7. The summed E-state index contributed by atoms with van der Waals surface area (Å²) in [6.07, 6.45) is 0. The minimum absolute atomic E-state index is 0.171. The van der Waals surface area contributed by atoms with Gasteiger partial charge in [-0.3, -0.25) is 9.69 Å². The average Bonchev–Trinajstić information content (AvgIpc) is 3.13. The van der Waals surface area contributed by atoms with Crippen LogP contribution < -0.4 is 5.32 Å². The van der Waals surface area contributed by atoms with E-state index in [1.807, 2.05) is 72.6 Å². The first-order valence-electron chi connectivity index (χ1n) is 9.45. The number of nitrogens with zero attached hydrogens (tertiary/aromatic N) is 1. The van der Waals surface area contributed by atoms with E-state index in [1.165, 1.54) is 11.3 Å². The number of anilines is 1. The van der Waals surface area contributed by atoms with Crippen LogP contribution in [0.2, 0.25) is 0 Å². The van der Waals surface area contributed by atoms with E-state index in [9.17, 15) is 9.59 Å². The van der Waals surface area contributed by atoms with Gasteiger partial charge in [-0.25, -0.2) is 4.79 Å². The molecule has 0 saturated carbocycles. The van der Waals surface area contributed by atoms with Crippen LogP contribution in [0.3, 0.4) is 0 Å². The van der Waals surface area contributed by atoms with Crippen LogP contribution in [0.15, 0.2) is 66.7 Å². The smallest absolute Gasteiger partial charge is 0.341 e. The maximum atomic E-state index is 12.6.